The Bertz CT molecular complexity index is 417. The number of carbonyl (C=O) groups is 2. The second kappa shape index (κ2) is 1.84. The Hall–Kier alpha value is -1.58. The fourth-order valence-corrected chi connectivity index (χ4v) is 1.99. The summed E-state index contributed by atoms with van der Waals surface area (Å²) >= 11 is 0. The van der Waals surface area contributed by atoms with Gasteiger partial charge >= 0.3 is 11.9 Å². The quantitative estimate of drug-likeness (QED) is 0.430. The zero-order valence-electron chi connectivity index (χ0n) is 6.70. The summed E-state index contributed by atoms with van der Waals surface area (Å²) in [5.74, 6) is 0.398. The first-order valence-corrected chi connectivity index (χ1v) is 4.05. The van der Waals surface area contributed by atoms with Gasteiger partial charge in [0, 0.05) is 6.42 Å². The fourth-order valence-electron chi connectivity index (χ4n) is 1.99. The molecule has 0 saturated carbocycles. The number of rotatable bonds is 0. The van der Waals surface area contributed by atoms with Crippen LogP contribution < -0.4 is 0 Å². The summed E-state index contributed by atoms with van der Waals surface area (Å²) in [6, 6.07) is 3.55. The van der Waals surface area contributed by atoms with Crippen molar-refractivity contribution in [2.75, 3.05) is 0 Å². The van der Waals surface area contributed by atoms with Gasteiger partial charge in [-0.15, -0.1) is 0 Å². The minimum atomic E-state index is -0.804. The van der Waals surface area contributed by atoms with Gasteiger partial charge in [0.15, 0.2) is 0 Å². The van der Waals surface area contributed by atoms with Crippen LogP contribution in [0, 0.1) is 0 Å². The summed E-state index contributed by atoms with van der Waals surface area (Å²) in [5, 5.41) is 0. The third-order valence-corrected chi connectivity index (χ3v) is 2.65. The van der Waals surface area contributed by atoms with Crippen molar-refractivity contribution in [3.8, 4) is 0 Å². The largest absolute Gasteiger partial charge is 0.465 e. The minimum Gasteiger partial charge on any atom is -0.465 e. The molecule has 0 radical (unpaired) electrons. The van der Waals surface area contributed by atoms with Gasteiger partial charge in [0.25, 0.3) is 0 Å². The summed E-state index contributed by atoms with van der Waals surface area (Å²) in [6.45, 7) is 0. The Labute approximate surface area is 73.5 Å². The molecule has 0 amide bonds. The molecule has 0 aliphatic carbocycles. The van der Waals surface area contributed by atoms with Gasteiger partial charge in [0.1, 0.15) is 16.9 Å². The van der Waals surface area contributed by atoms with E-state index in [1.54, 1.807) is 6.07 Å². The Morgan fingerprint density at radius 3 is 2.54 bits per heavy atom. The first-order chi connectivity index (χ1) is 6.21. The van der Waals surface area contributed by atoms with E-state index in [0.29, 0.717) is 12.2 Å². The fraction of sp³-hybridized carbons (Fsp3) is 0.333. The van der Waals surface area contributed by atoms with Crippen molar-refractivity contribution in [2.45, 2.75) is 18.3 Å². The highest BCUT2D eigenvalue weighted by Gasteiger charge is 2.56. The van der Waals surface area contributed by atoms with E-state index in [-0.39, 0.29) is 6.42 Å². The molecule has 0 N–H and O–H groups in total. The maximum atomic E-state index is 11.4. The van der Waals surface area contributed by atoms with Crippen molar-refractivity contribution in [3.63, 3.8) is 0 Å². The van der Waals surface area contributed by atoms with Gasteiger partial charge in [-0.25, -0.2) is 0 Å². The van der Waals surface area contributed by atoms with Gasteiger partial charge < -0.3 is 9.15 Å². The van der Waals surface area contributed by atoms with E-state index in [0.717, 1.165) is 5.76 Å². The van der Waals surface area contributed by atoms with Crippen LogP contribution in [-0.2, 0) is 26.2 Å². The Morgan fingerprint density at radius 1 is 1.23 bits per heavy atom. The smallest absolute Gasteiger partial charge is 0.328 e. The molecule has 1 spiro atoms. The molecule has 4 heteroatoms. The van der Waals surface area contributed by atoms with E-state index in [9.17, 15) is 9.59 Å². The lowest BCUT2D eigenvalue weighted by atomic mass is 9.79. The molecule has 4 nitrogen and oxygen atoms in total. The second-order valence-corrected chi connectivity index (χ2v) is 3.46. The van der Waals surface area contributed by atoms with Crippen molar-refractivity contribution in [1.82, 2.24) is 0 Å². The van der Waals surface area contributed by atoms with Crippen LogP contribution in [0.15, 0.2) is 16.5 Å². The van der Waals surface area contributed by atoms with Gasteiger partial charge in [0.05, 0.1) is 6.42 Å². The second-order valence-electron chi connectivity index (χ2n) is 3.46. The highest BCUT2D eigenvalue weighted by Crippen LogP contribution is 2.44. The topological polar surface area (TPSA) is 56.5 Å². The molecule has 2 aliphatic heterocycles. The molecule has 1 fully saturated rings. The molecular weight excluding hydrogens is 172 g/mol. The van der Waals surface area contributed by atoms with E-state index < -0.39 is 17.4 Å². The van der Waals surface area contributed by atoms with Gasteiger partial charge in [0.2, 0.25) is 0 Å². The molecule has 2 aliphatic rings. The molecule has 3 heterocycles. The van der Waals surface area contributed by atoms with Crippen LogP contribution in [0.5, 0.6) is 0 Å². The monoisotopic (exact) mass is 178 g/mol. The summed E-state index contributed by atoms with van der Waals surface area (Å²) < 4.78 is 9.82. The Balaban J connectivity index is 2.14. The maximum Gasteiger partial charge on any atom is 0.328 e. The van der Waals surface area contributed by atoms with Crippen molar-refractivity contribution in [2.24, 2.45) is 0 Å². The molecule has 1 aromatic heterocycles. The average molecular weight is 178 g/mol. The summed E-state index contributed by atoms with van der Waals surface area (Å²) in [6.07, 6.45) is 0.596. The Morgan fingerprint density at radius 2 is 2.08 bits per heavy atom. The first kappa shape index (κ1) is 6.88. The van der Waals surface area contributed by atoms with Crippen molar-refractivity contribution in [3.05, 3.63) is 23.7 Å². The van der Waals surface area contributed by atoms with Crippen molar-refractivity contribution >= 4 is 11.9 Å². The van der Waals surface area contributed by atoms with E-state index in [1.165, 1.54) is 0 Å². The number of furan rings is 1. The predicted octanol–water partition coefficient (Wildman–Crippen LogP) is 0.547. The molecular formula is C9H6O4. The minimum absolute atomic E-state index is 0.120. The van der Waals surface area contributed by atoms with Crippen LogP contribution >= 0.6 is 0 Å². The molecule has 3 rings (SSSR count). The van der Waals surface area contributed by atoms with Crippen molar-refractivity contribution < 1.29 is 18.7 Å². The maximum absolute atomic E-state index is 11.4. The molecule has 2 bridgehead atoms. The zero-order chi connectivity index (χ0) is 9.05. The molecule has 1 saturated heterocycles. The van der Waals surface area contributed by atoms with E-state index >= 15 is 0 Å². The number of hydrogen-bond acceptors (Lipinski definition) is 4. The number of fused-ring (bicyclic) bond motifs is 3. The highest BCUT2D eigenvalue weighted by molar-refractivity contribution is 6.01. The lowest BCUT2D eigenvalue weighted by molar-refractivity contribution is -0.153. The molecule has 0 aromatic carbocycles. The van der Waals surface area contributed by atoms with E-state index in [1.807, 2.05) is 6.07 Å². The van der Waals surface area contributed by atoms with Crippen LogP contribution in [0.1, 0.15) is 17.9 Å². The SMILES string of the molecule is O=C1CC2(Cc3ccc2o3)C(=O)O1. The van der Waals surface area contributed by atoms with Gasteiger partial charge in [-0.1, -0.05) is 0 Å². The number of cyclic esters (lactones) is 2. The van der Waals surface area contributed by atoms with Gasteiger partial charge in [-0.05, 0) is 12.1 Å². The first-order valence-electron chi connectivity index (χ1n) is 4.05. The van der Waals surface area contributed by atoms with Crippen molar-refractivity contribution in [1.29, 1.82) is 0 Å². The molecule has 1 unspecified atom stereocenters. The predicted molar refractivity (Wildman–Crippen MR) is 39.8 cm³/mol. The van der Waals surface area contributed by atoms with E-state index in [2.05, 4.69) is 4.74 Å². The third kappa shape index (κ3) is 0.661. The lowest BCUT2D eigenvalue weighted by Crippen LogP contribution is -2.31. The van der Waals surface area contributed by atoms with E-state index in [4.69, 9.17) is 4.42 Å². The summed E-state index contributed by atoms with van der Waals surface area (Å²) in [7, 11) is 0. The normalized spacial score (nSPS) is 30.2. The summed E-state index contributed by atoms with van der Waals surface area (Å²) in [5.41, 5.74) is -0.804. The molecule has 1 aromatic rings. The van der Waals surface area contributed by atoms with Crippen LogP contribution in [0.2, 0.25) is 0 Å². The van der Waals surface area contributed by atoms with Crippen LogP contribution in [0.3, 0.4) is 0 Å². The number of esters is 2. The average Bonchev–Trinajstić information content (AvgIpc) is 2.68. The van der Waals surface area contributed by atoms with Crippen LogP contribution in [0.4, 0.5) is 0 Å². The Kier molecular flexibility index (Phi) is 0.974. The van der Waals surface area contributed by atoms with Crippen LogP contribution in [-0.4, -0.2) is 11.9 Å². The molecule has 66 valence electrons. The molecule has 13 heavy (non-hydrogen) atoms. The number of hydrogen-bond donors (Lipinski definition) is 0. The standard InChI is InChI=1S/C9H6O4/c10-7-4-9(8(11)13-7)3-5-1-2-6(9)12-5/h1-2H,3-4H2. The molecule has 1 atom stereocenters. The summed E-state index contributed by atoms with van der Waals surface area (Å²) in [4.78, 5) is 22.4. The highest BCUT2D eigenvalue weighted by atomic mass is 16.6. The van der Waals surface area contributed by atoms with Gasteiger partial charge in [-0.2, -0.15) is 0 Å². The lowest BCUT2D eigenvalue weighted by Gasteiger charge is -2.14. The van der Waals surface area contributed by atoms with Gasteiger partial charge in [-0.3, -0.25) is 9.59 Å². The zero-order valence-corrected chi connectivity index (χ0v) is 6.70. The number of carbonyl (C=O) groups excluding carboxylic acids is 2. The van der Waals surface area contributed by atoms with Crippen LogP contribution in [0.25, 0.3) is 0 Å². The third-order valence-electron chi connectivity index (χ3n) is 2.65. The number of ether oxygens (including phenoxy) is 1.